The van der Waals surface area contributed by atoms with Gasteiger partial charge in [0.05, 0.1) is 6.04 Å². The zero-order valence-electron chi connectivity index (χ0n) is 16.5. The smallest absolute Gasteiger partial charge is 0.273 e. The summed E-state index contributed by atoms with van der Waals surface area (Å²) in [4.78, 5) is 16.4. The summed E-state index contributed by atoms with van der Waals surface area (Å²) in [6, 6.07) is 11.6. The Kier molecular flexibility index (Phi) is 5.42. The second-order valence-corrected chi connectivity index (χ2v) is 8.40. The van der Waals surface area contributed by atoms with E-state index in [0.29, 0.717) is 37.0 Å². The molecule has 0 bridgehead atoms. The first-order chi connectivity index (χ1) is 14.8. The van der Waals surface area contributed by atoms with Crippen molar-refractivity contribution in [3.63, 3.8) is 0 Å². The summed E-state index contributed by atoms with van der Waals surface area (Å²) in [5, 5.41) is 9.09. The topological polar surface area (TPSA) is 76.8 Å². The number of amides is 1. The summed E-state index contributed by atoms with van der Waals surface area (Å²) in [7, 11) is 0. The minimum absolute atomic E-state index is 0.195. The normalized spacial score (nSPS) is 17.1. The summed E-state index contributed by atoms with van der Waals surface area (Å²) < 4.78 is 16.6. The van der Waals surface area contributed by atoms with Gasteiger partial charge in [-0.3, -0.25) is 9.69 Å². The van der Waals surface area contributed by atoms with Gasteiger partial charge in [0.15, 0.2) is 23.0 Å². The van der Waals surface area contributed by atoms with Crippen molar-refractivity contribution in [3.05, 3.63) is 52.3 Å². The Bertz CT molecular complexity index is 1010. The fourth-order valence-corrected chi connectivity index (χ4v) is 4.80. The van der Waals surface area contributed by atoms with Crippen LogP contribution in [0.4, 0.5) is 0 Å². The Morgan fingerprint density at radius 1 is 1.13 bits per heavy atom. The molecule has 0 unspecified atom stereocenters. The molecule has 0 radical (unpaired) electrons. The molecule has 0 spiro atoms. The lowest BCUT2D eigenvalue weighted by atomic mass is 10.1. The lowest BCUT2D eigenvalue weighted by Crippen LogP contribution is -2.36. The molecule has 8 heteroatoms. The van der Waals surface area contributed by atoms with E-state index < -0.39 is 0 Å². The first-order valence-corrected chi connectivity index (χ1v) is 11.1. The molecule has 1 amide bonds. The number of ether oxygens (including phenoxy) is 2. The minimum atomic E-state index is -0.233. The molecule has 7 nitrogen and oxygen atoms in total. The number of hydrogen-bond donors (Lipinski definition) is 1. The van der Waals surface area contributed by atoms with Gasteiger partial charge in [-0.2, -0.15) is 0 Å². The molecule has 2 aliphatic rings. The molecule has 5 rings (SSSR count). The van der Waals surface area contributed by atoms with E-state index in [4.69, 9.17) is 14.0 Å². The highest BCUT2D eigenvalue weighted by atomic mass is 32.1. The van der Waals surface area contributed by atoms with Crippen LogP contribution in [0.25, 0.3) is 11.3 Å². The first kappa shape index (κ1) is 19.1. The second-order valence-electron chi connectivity index (χ2n) is 7.42. The van der Waals surface area contributed by atoms with Gasteiger partial charge in [-0.05, 0) is 55.6 Å². The van der Waals surface area contributed by atoms with E-state index in [1.165, 1.54) is 17.7 Å². The highest BCUT2D eigenvalue weighted by molar-refractivity contribution is 7.10. The Hall–Kier alpha value is -2.84. The molecule has 1 N–H and O–H groups in total. The van der Waals surface area contributed by atoms with E-state index in [0.717, 1.165) is 18.7 Å². The van der Waals surface area contributed by atoms with Crippen LogP contribution >= 0.6 is 11.3 Å². The van der Waals surface area contributed by atoms with Crippen molar-refractivity contribution in [1.29, 1.82) is 0 Å². The van der Waals surface area contributed by atoms with Crippen LogP contribution in [0.2, 0.25) is 0 Å². The number of likely N-dealkylation sites (tertiary alicyclic amines) is 1. The molecule has 4 heterocycles. The van der Waals surface area contributed by atoms with Crippen molar-refractivity contribution in [2.24, 2.45) is 0 Å². The van der Waals surface area contributed by atoms with Gasteiger partial charge in [-0.1, -0.05) is 11.2 Å². The van der Waals surface area contributed by atoms with Gasteiger partial charge < -0.3 is 19.3 Å². The van der Waals surface area contributed by atoms with Crippen molar-refractivity contribution in [1.82, 2.24) is 15.4 Å². The highest BCUT2D eigenvalue weighted by Gasteiger charge is 2.25. The molecule has 0 saturated carbocycles. The van der Waals surface area contributed by atoms with Crippen molar-refractivity contribution >= 4 is 17.2 Å². The third-order valence-corrected chi connectivity index (χ3v) is 6.45. The van der Waals surface area contributed by atoms with E-state index in [1.54, 1.807) is 17.4 Å². The molecule has 2 aromatic heterocycles. The third kappa shape index (κ3) is 3.93. The molecule has 0 aliphatic carbocycles. The van der Waals surface area contributed by atoms with Crippen molar-refractivity contribution < 1.29 is 18.8 Å². The number of nitrogens with zero attached hydrogens (tertiary/aromatic N) is 2. The SMILES string of the molecule is O=C(NC[C@H](c1cccs1)N1CCCC1)c1cc(-c2ccc3c(c2)OCCO3)on1. The molecule has 1 saturated heterocycles. The molecule has 3 aromatic rings. The lowest BCUT2D eigenvalue weighted by Gasteiger charge is -2.26. The van der Waals surface area contributed by atoms with E-state index in [2.05, 4.69) is 32.9 Å². The van der Waals surface area contributed by atoms with Crippen LogP contribution in [0.5, 0.6) is 11.5 Å². The molecular weight excluding hydrogens is 402 g/mol. The highest BCUT2D eigenvalue weighted by Crippen LogP contribution is 2.34. The van der Waals surface area contributed by atoms with Crippen LogP contribution in [0, 0.1) is 0 Å². The average Bonchev–Trinajstić information content (AvgIpc) is 3.56. The Morgan fingerprint density at radius 3 is 2.77 bits per heavy atom. The quantitative estimate of drug-likeness (QED) is 0.648. The molecule has 2 aliphatic heterocycles. The van der Waals surface area contributed by atoms with Crippen LogP contribution in [0.1, 0.15) is 34.2 Å². The van der Waals surface area contributed by atoms with Gasteiger partial charge in [-0.15, -0.1) is 11.3 Å². The van der Waals surface area contributed by atoms with E-state index in [1.807, 2.05) is 18.2 Å². The Morgan fingerprint density at radius 2 is 1.97 bits per heavy atom. The van der Waals surface area contributed by atoms with Crippen LogP contribution in [-0.2, 0) is 0 Å². The van der Waals surface area contributed by atoms with Crippen molar-refractivity contribution in [2.45, 2.75) is 18.9 Å². The third-order valence-electron chi connectivity index (χ3n) is 5.48. The van der Waals surface area contributed by atoms with E-state index in [-0.39, 0.29) is 17.6 Å². The van der Waals surface area contributed by atoms with Gasteiger partial charge in [0.1, 0.15) is 13.2 Å². The van der Waals surface area contributed by atoms with Crippen LogP contribution in [0.15, 0.2) is 46.3 Å². The average molecular weight is 426 g/mol. The number of benzene rings is 1. The number of nitrogens with one attached hydrogen (secondary N) is 1. The fourth-order valence-electron chi connectivity index (χ4n) is 3.94. The summed E-state index contributed by atoms with van der Waals surface area (Å²) in [6.45, 7) is 3.74. The maximum atomic E-state index is 12.7. The molecule has 30 heavy (non-hydrogen) atoms. The minimum Gasteiger partial charge on any atom is -0.486 e. The van der Waals surface area contributed by atoms with E-state index in [9.17, 15) is 4.79 Å². The number of rotatable bonds is 6. The summed E-state index contributed by atoms with van der Waals surface area (Å²) >= 11 is 1.73. The number of fused-ring (bicyclic) bond motifs is 1. The number of carbonyl (C=O) groups is 1. The Labute approximate surface area is 178 Å². The van der Waals surface area contributed by atoms with Gasteiger partial charge in [0.25, 0.3) is 5.91 Å². The number of carbonyl (C=O) groups excluding carboxylic acids is 1. The molecule has 1 aromatic carbocycles. The first-order valence-electron chi connectivity index (χ1n) is 10.2. The van der Waals surface area contributed by atoms with Crippen LogP contribution < -0.4 is 14.8 Å². The van der Waals surface area contributed by atoms with Crippen LogP contribution in [0.3, 0.4) is 0 Å². The molecule has 156 valence electrons. The van der Waals surface area contributed by atoms with Gasteiger partial charge in [-0.25, -0.2) is 0 Å². The zero-order valence-corrected chi connectivity index (χ0v) is 17.3. The summed E-state index contributed by atoms with van der Waals surface area (Å²) in [6.07, 6.45) is 2.41. The standard InChI is InChI=1S/C22H23N3O4S/c26-22(23-14-17(21-4-3-11-30-21)25-7-1-2-8-25)16-13-19(29-24-16)15-5-6-18-20(12-15)28-10-9-27-18/h3-6,11-13,17H,1-2,7-10,14H2,(H,23,26)/t17-/m1/s1. The van der Waals surface area contributed by atoms with Crippen molar-refractivity contribution in [3.8, 4) is 22.8 Å². The predicted octanol–water partition coefficient (Wildman–Crippen LogP) is 3.74. The second kappa shape index (κ2) is 8.49. The number of hydrogen-bond acceptors (Lipinski definition) is 7. The largest absolute Gasteiger partial charge is 0.486 e. The van der Waals surface area contributed by atoms with E-state index >= 15 is 0 Å². The zero-order chi connectivity index (χ0) is 20.3. The fraction of sp³-hybridized carbons (Fsp3) is 0.364. The number of aromatic nitrogens is 1. The maximum absolute atomic E-state index is 12.7. The monoisotopic (exact) mass is 425 g/mol. The maximum Gasteiger partial charge on any atom is 0.273 e. The Balaban J connectivity index is 1.27. The molecule has 1 atom stereocenters. The molecular formula is C22H23N3O4S. The summed E-state index contributed by atoms with van der Waals surface area (Å²) in [5.41, 5.74) is 1.06. The molecule has 1 fully saturated rings. The van der Waals surface area contributed by atoms with Gasteiger partial charge in [0.2, 0.25) is 0 Å². The van der Waals surface area contributed by atoms with Gasteiger partial charge >= 0.3 is 0 Å². The lowest BCUT2D eigenvalue weighted by molar-refractivity contribution is 0.0929. The summed E-state index contributed by atoms with van der Waals surface area (Å²) in [5.74, 6) is 1.67. The van der Waals surface area contributed by atoms with Gasteiger partial charge in [0, 0.05) is 23.1 Å². The van der Waals surface area contributed by atoms with Crippen LogP contribution in [-0.4, -0.2) is 48.8 Å². The number of thiophene rings is 1. The predicted molar refractivity (Wildman–Crippen MR) is 113 cm³/mol. The van der Waals surface area contributed by atoms with Crippen molar-refractivity contribution in [2.75, 3.05) is 32.8 Å².